The molecule has 3 heterocycles. The second-order valence-electron chi connectivity index (χ2n) is 6.15. The van der Waals surface area contributed by atoms with Gasteiger partial charge in [0.2, 0.25) is 11.8 Å². The molecule has 5 nitrogen and oxygen atoms in total. The molecule has 2 amide bonds. The van der Waals surface area contributed by atoms with E-state index in [9.17, 15) is 9.59 Å². The van der Waals surface area contributed by atoms with Crippen LogP contribution in [0.5, 0.6) is 0 Å². The normalized spacial score (nSPS) is 35.4. The minimum absolute atomic E-state index is 0.0830. The number of carbonyl (C=O) groups is 2. The van der Waals surface area contributed by atoms with Crippen LogP contribution < -0.4 is 0 Å². The van der Waals surface area contributed by atoms with Gasteiger partial charge in [0.1, 0.15) is 0 Å². The maximum absolute atomic E-state index is 12.6. The van der Waals surface area contributed by atoms with Crippen LogP contribution in [0.3, 0.4) is 0 Å². The first-order valence-corrected chi connectivity index (χ1v) is 7.32. The van der Waals surface area contributed by atoms with Crippen LogP contribution in [0.2, 0.25) is 0 Å². The zero-order valence-corrected chi connectivity index (χ0v) is 12.2. The Morgan fingerprint density at radius 1 is 1.19 bits per heavy atom. The molecule has 5 heteroatoms. The lowest BCUT2D eigenvalue weighted by Crippen LogP contribution is -2.51. The van der Waals surface area contributed by atoms with Crippen LogP contribution in [-0.2, 0) is 26.5 Å². The molecular weight excluding hydrogens is 268 g/mol. The summed E-state index contributed by atoms with van der Waals surface area (Å²) in [6, 6.07) is 8.11. The summed E-state index contributed by atoms with van der Waals surface area (Å²) in [5, 5.41) is 0. The van der Waals surface area contributed by atoms with Crippen molar-refractivity contribution in [1.29, 1.82) is 0 Å². The summed E-state index contributed by atoms with van der Waals surface area (Å²) in [6.07, 6.45) is 0.848. The van der Waals surface area contributed by atoms with Crippen LogP contribution in [0.15, 0.2) is 24.3 Å². The molecule has 4 rings (SSSR count). The molecule has 0 bridgehead atoms. The third kappa shape index (κ3) is 1.43. The van der Waals surface area contributed by atoms with Crippen LogP contribution in [0, 0.1) is 11.8 Å². The van der Waals surface area contributed by atoms with E-state index in [0.717, 1.165) is 12.0 Å². The maximum Gasteiger partial charge on any atom is 0.237 e. The number of hydrogen-bond acceptors (Lipinski definition) is 4. The molecule has 1 spiro atoms. The van der Waals surface area contributed by atoms with Gasteiger partial charge < -0.3 is 4.74 Å². The average molecular weight is 286 g/mol. The molecule has 0 aliphatic carbocycles. The number of hydrogen-bond donors (Lipinski definition) is 0. The van der Waals surface area contributed by atoms with E-state index in [0.29, 0.717) is 13.2 Å². The van der Waals surface area contributed by atoms with Crippen molar-refractivity contribution in [3.63, 3.8) is 0 Å². The Morgan fingerprint density at radius 2 is 1.95 bits per heavy atom. The third-order valence-corrected chi connectivity index (χ3v) is 5.20. The lowest BCUT2D eigenvalue weighted by Gasteiger charge is -2.43. The van der Waals surface area contributed by atoms with Gasteiger partial charge in [0.15, 0.2) is 5.72 Å². The molecule has 1 aromatic carbocycles. The van der Waals surface area contributed by atoms with Gasteiger partial charge in [-0.1, -0.05) is 24.3 Å². The summed E-state index contributed by atoms with van der Waals surface area (Å²) >= 11 is 0. The second kappa shape index (κ2) is 4.15. The minimum Gasteiger partial charge on any atom is -0.355 e. The SMILES string of the molecule is CN1C(=O)C2CN(C)C3(OCCc4ccccc43)C2C1=O. The molecule has 2 saturated heterocycles. The average Bonchev–Trinajstić information content (AvgIpc) is 2.89. The first-order valence-electron chi connectivity index (χ1n) is 7.32. The summed E-state index contributed by atoms with van der Waals surface area (Å²) < 4.78 is 6.17. The Hall–Kier alpha value is -1.72. The van der Waals surface area contributed by atoms with Crippen molar-refractivity contribution in [2.75, 3.05) is 27.2 Å². The molecule has 21 heavy (non-hydrogen) atoms. The molecule has 3 unspecified atom stereocenters. The summed E-state index contributed by atoms with van der Waals surface area (Å²) in [6.45, 7) is 1.14. The van der Waals surface area contributed by atoms with Crippen LogP contribution in [0.4, 0.5) is 0 Å². The van der Waals surface area contributed by atoms with Crippen molar-refractivity contribution >= 4 is 11.8 Å². The van der Waals surface area contributed by atoms with E-state index in [-0.39, 0.29) is 17.7 Å². The molecule has 0 aromatic heterocycles. The zero-order chi connectivity index (χ0) is 14.8. The smallest absolute Gasteiger partial charge is 0.237 e. The van der Waals surface area contributed by atoms with Gasteiger partial charge in [0, 0.05) is 19.2 Å². The summed E-state index contributed by atoms with van der Waals surface area (Å²) in [7, 11) is 3.52. The van der Waals surface area contributed by atoms with E-state index < -0.39 is 11.6 Å². The highest BCUT2D eigenvalue weighted by molar-refractivity contribution is 6.06. The van der Waals surface area contributed by atoms with Gasteiger partial charge in [0.25, 0.3) is 0 Å². The monoisotopic (exact) mass is 286 g/mol. The van der Waals surface area contributed by atoms with Crippen LogP contribution in [0.25, 0.3) is 0 Å². The second-order valence-corrected chi connectivity index (χ2v) is 6.15. The van der Waals surface area contributed by atoms with Crippen LogP contribution in [0.1, 0.15) is 11.1 Å². The lowest BCUT2D eigenvalue weighted by atomic mass is 9.81. The van der Waals surface area contributed by atoms with Gasteiger partial charge in [-0.05, 0) is 19.0 Å². The first-order chi connectivity index (χ1) is 10.1. The first kappa shape index (κ1) is 13.0. The summed E-state index contributed by atoms with van der Waals surface area (Å²) in [5.74, 6) is -0.925. The van der Waals surface area contributed by atoms with Gasteiger partial charge >= 0.3 is 0 Å². The molecule has 3 atom stereocenters. The Morgan fingerprint density at radius 3 is 2.76 bits per heavy atom. The number of benzene rings is 1. The fourth-order valence-corrected chi connectivity index (χ4v) is 4.23. The van der Waals surface area contributed by atoms with E-state index in [2.05, 4.69) is 6.07 Å². The van der Waals surface area contributed by atoms with Gasteiger partial charge in [0.05, 0.1) is 18.4 Å². The minimum atomic E-state index is -0.781. The molecule has 0 saturated carbocycles. The molecule has 2 fully saturated rings. The third-order valence-electron chi connectivity index (χ3n) is 5.20. The van der Waals surface area contributed by atoms with Crippen molar-refractivity contribution < 1.29 is 14.3 Å². The number of carbonyl (C=O) groups excluding carboxylic acids is 2. The van der Waals surface area contributed by atoms with Crippen molar-refractivity contribution in [1.82, 2.24) is 9.80 Å². The van der Waals surface area contributed by atoms with Gasteiger partial charge in [-0.15, -0.1) is 0 Å². The molecule has 3 aliphatic rings. The van der Waals surface area contributed by atoms with E-state index in [1.807, 2.05) is 30.1 Å². The summed E-state index contributed by atoms with van der Waals surface area (Å²) in [5.41, 5.74) is 1.48. The van der Waals surface area contributed by atoms with E-state index in [4.69, 9.17) is 4.74 Å². The van der Waals surface area contributed by atoms with Crippen molar-refractivity contribution in [3.8, 4) is 0 Å². The number of imide groups is 1. The quantitative estimate of drug-likeness (QED) is 0.655. The van der Waals surface area contributed by atoms with Crippen molar-refractivity contribution in [3.05, 3.63) is 35.4 Å². The molecule has 1 aromatic rings. The van der Waals surface area contributed by atoms with Gasteiger partial charge in [-0.3, -0.25) is 19.4 Å². The Balaban J connectivity index is 1.92. The highest BCUT2D eigenvalue weighted by atomic mass is 16.5. The fraction of sp³-hybridized carbons (Fsp3) is 0.500. The Bertz CT molecular complexity index is 644. The highest BCUT2D eigenvalue weighted by Gasteiger charge is 2.65. The number of rotatable bonds is 0. The molecule has 110 valence electrons. The van der Waals surface area contributed by atoms with E-state index in [1.54, 1.807) is 7.05 Å². The van der Waals surface area contributed by atoms with Crippen molar-refractivity contribution in [2.45, 2.75) is 12.1 Å². The number of amides is 2. The zero-order valence-electron chi connectivity index (χ0n) is 12.2. The molecule has 0 N–H and O–H groups in total. The predicted octanol–water partition coefficient (Wildman–Crippen LogP) is 0.588. The topological polar surface area (TPSA) is 49.9 Å². The number of likely N-dealkylation sites (tertiary alicyclic amines) is 2. The Labute approximate surface area is 123 Å². The van der Waals surface area contributed by atoms with Crippen LogP contribution in [-0.4, -0.2) is 48.9 Å². The molecular formula is C16H18N2O3. The van der Waals surface area contributed by atoms with Gasteiger partial charge in [-0.2, -0.15) is 0 Å². The summed E-state index contributed by atoms with van der Waals surface area (Å²) in [4.78, 5) is 28.2. The van der Waals surface area contributed by atoms with E-state index in [1.165, 1.54) is 10.5 Å². The standard InChI is InChI=1S/C16H18N2O3/c1-17-9-11-13(15(20)18(2)14(11)19)16(17)12-6-4-3-5-10(12)7-8-21-16/h3-6,11,13H,7-9H2,1-2H3. The van der Waals surface area contributed by atoms with E-state index >= 15 is 0 Å². The van der Waals surface area contributed by atoms with Gasteiger partial charge in [-0.25, -0.2) is 0 Å². The molecule has 3 aliphatic heterocycles. The predicted molar refractivity (Wildman–Crippen MR) is 75.2 cm³/mol. The fourth-order valence-electron chi connectivity index (χ4n) is 4.23. The number of fused-ring (bicyclic) bond motifs is 4. The number of ether oxygens (including phenoxy) is 1. The molecule has 0 radical (unpaired) electrons. The largest absolute Gasteiger partial charge is 0.355 e. The van der Waals surface area contributed by atoms with Crippen LogP contribution >= 0.6 is 0 Å². The highest BCUT2D eigenvalue weighted by Crippen LogP contribution is 2.52. The maximum atomic E-state index is 12.6. The Kier molecular flexibility index (Phi) is 2.56. The van der Waals surface area contributed by atoms with Crippen molar-refractivity contribution in [2.24, 2.45) is 11.8 Å². The number of nitrogens with zero attached hydrogens (tertiary/aromatic N) is 2. The lowest BCUT2D eigenvalue weighted by molar-refractivity contribution is -0.178.